The van der Waals surface area contributed by atoms with E-state index in [1.54, 1.807) is 0 Å². The molecule has 2 N–H and O–H groups in total. The van der Waals surface area contributed by atoms with Crippen LogP contribution < -0.4 is 10.6 Å². The smallest absolute Gasteiger partial charge is 0.225 e. The summed E-state index contributed by atoms with van der Waals surface area (Å²) in [5.74, 6) is 0.268. The quantitative estimate of drug-likeness (QED) is 0.757. The van der Waals surface area contributed by atoms with E-state index in [1.165, 1.54) is 0 Å². The van der Waals surface area contributed by atoms with Gasteiger partial charge in [-0.2, -0.15) is 0 Å². The molecule has 0 aromatic heterocycles. The van der Waals surface area contributed by atoms with E-state index in [4.69, 9.17) is 4.74 Å². The van der Waals surface area contributed by atoms with Crippen molar-refractivity contribution in [1.29, 1.82) is 0 Å². The monoisotopic (exact) mass is 248 g/mol. The highest BCUT2D eigenvalue weighted by Crippen LogP contribution is 2.14. The summed E-state index contributed by atoms with van der Waals surface area (Å²) in [6.07, 6.45) is 4.26. The standard InChI is InChI=1S/C11H20N2O2.ClH/c14-11(9-3-2-6-15-8-9)13-10-4-1-5-12-7-10;/h9-10,12H,1-8H2,(H,13,14);1H/t9?,10-;/m1./s1. The second-order valence-corrected chi connectivity index (χ2v) is 4.47. The van der Waals surface area contributed by atoms with E-state index in [2.05, 4.69) is 10.6 Å². The molecule has 16 heavy (non-hydrogen) atoms. The van der Waals surface area contributed by atoms with Crippen LogP contribution >= 0.6 is 12.4 Å². The molecule has 2 heterocycles. The third kappa shape index (κ3) is 3.92. The zero-order chi connectivity index (χ0) is 10.5. The van der Waals surface area contributed by atoms with Gasteiger partial charge < -0.3 is 15.4 Å². The summed E-state index contributed by atoms with van der Waals surface area (Å²) in [6, 6.07) is 0.327. The number of carbonyl (C=O) groups is 1. The zero-order valence-electron chi connectivity index (χ0n) is 9.54. The average molecular weight is 249 g/mol. The Labute approximate surface area is 103 Å². The summed E-state index contributed by atoms with van der Waals surface area (Å²) in [4.78, 5) is 11.8. The largest absolute Gasteiger partial charge is 0.381 e. The third-order valence-electron chi connectivity index (χ3n) is 3.17. The van der Waals surface area contributed by atoms with Gasteiger partial charge in [-0.1, -0.05) is 0 Å². The number of carbonyl (C=O) groups excluding carboxylic acids is 1. The van der Waals surface area contributed by atoms with Crippen molar-refractivity contribution in [3.05, 3.63) is 0 Å². The molecule has 2 aliphatic heterocycles. The van der Waals surface area contributed by atoms with Gasteiger partial charge in [0.1, 0.15) is 0 Å². The van der Waals surface area contributed by atoms with Crippen LogP contribution in [-0.2, 0) is 9.53 Å². The van der Waals surface area contributed by atoms with Crippen molar-refractivity contribution in [2.75, 3.05) is 26.3 Å². The second-order valence-electron chi connectivity index (χ2n) is 4.47. The Morgan fingerprint density at radius 3 is 2.81 bits per heavy atom. The van der Waals surface area contributed by atoms with Gasteiger partial charge >= 0.3 is 0 Å². The molecule has 5 heteroatoms. The van der Waals surface area contributed by atoms with E-state index in [0.717, 1.165) is 45.4 Å². The molecule has 0 saturated carbocycles. The molecule has 0 aromatic rings. The van der Waals surface area contributed by atoms with E-state index in [0.29, 0.717) is 12.6 Å². The van der Waals surface area contributed by atoms with Crippen LogP contribution in [0.3, 0.4) is 0 Å². The Balaban J connectivity index is 0.00000128. The first-order valence-electron chi connectivity index (χ1n) is 5.95. The lowest BCUT2D eigenvalue weighted by Gasteiger charge is -2.27. The highest BCUT2D eigenvalue weighted by atomic mass is 35.5. The molecule has 4 nitrogen and oxygen atoms in total. The van der Waals surface area contributed by atoms with Crippen LogP contribution in [-0.4, -0.2) is 38.3 Å². The fourth-order valence-corrected chi connectivity index (χ4v) is 2.24. The molecule has 94 valence electrons. The number of rotatable bonds is 2. The molecular weight excluding hydrogens is 228 g/mol. The Bertz CT molecular complexity index is 214. The Morgan fingerprint density at radius 2 is 2.19 bits per heavy atom. The minimum absolute atomic E-state index is 0. The van der Waals surface area contributed by atoms with E-state index < -0.39 is 0 Å². The predicted octanol–water partition coefficient (Wildman–Crippen LogP) is 0.703. The summed E-state index contributed by atoms with van der Waals surface area (Å²) < 4.78 is 5.32. The first-order valence-corrected chi connectivity index (χ1v) is 5.95. The normalized spacial score (nSPS) is 30.2. The first kappa shape index (κ1) is 13.7. The SMILES string of the molecule is Cl.O=C(N[C@@H]1CCCNC1)C1CCCOC1. The molecule has 0 aliphatic carbocycles. The van der Waals surface area contributed by atoms with Crippen molar-refractivity contribution in [3.63, 3.8) is 0 Å². The lowest BCUT2D eigenvalue weighted by Crippen LogP contribution is -2.48. The highest BCUT2D eigenvalue weighted by Gasteiger charge is 2.24. The van der Waals surface area contributed by atoms with Crippen molar-refractivity contribution in [2.24, 2.45) is 5.92 Å². The van der Waals surface area contributed by atoms with Crippen LogP contribution in [0.25, 0.3) is 0 Å². The van der Waals surface area contributed by atoms with E-state index in [-0.39, 0.29) is 24.2 Å². The van der Waals surface area contributed by atoms with Crippen molar-refractivity contribution >= 4 is 18.3 Å². The number of hydrogen-bond acceptors (Lipinski definition) is 3. The summed E-state index contributed by atoms with van der Waals surface area (Å²) in [5.41, 5.74) is 0. The predicted molar refractivity (Wildman–Crippen MR) is 64.8 cm³/mol. The number of ether oxygens (including phenoxy) is 1. The fourth-order valence-electron chi connectivity index (χ4n) is 2.24. The van der Waals surface area contributed by atoms with Gasteiger partial charge in [-0.25, -0.2) is 0 Å². The molecule has 0 aromatic carbocycles. The lowest BCUT2D eigenvalue weighted by atomic mass is 10.00. The summed E-state index contributed by atoms with van der Waals surface area (Å²) >= 11 is 0. The summed E-state index contributed by atoms with van der Waals surface area (Å²) in [5, 5.41) is 6.40. The minimum Gasteiger partial charge on any atom is -0.381 e. The van der Waals surface area contributed by atoms with Crippen LogP contribution in [0.4, 0.5) is 0 Å². The van der Waals surface area contributed by atoms with E-state index >= 15 is 0 Å². The van der Waals surface area contributed by atoms with Crippen LogP contribution in [0.5, 0.6) is 0 Å². The molecule has 2 atom stereocenters. The van der Waals surface area contributed by atoms with Gasteiger partial charge in [0.05, 0.1) is 12.5 Å². The topological polar surface area (TPSA) is 50.4 Å². The number of nitrogens with one attached hydrogen (secondary N) is 2. The Morgan fingerprint density at radius 1 is 1.31 bits per heavy atom. The minimum atomic E-state index is 0. The van der Waals surface area contributed by atoms with E-state index in [9.17, 15) is 4.79 Å². The van der Waals surface area contributed by atoms with Crippen molar-refractivity contribution in [1.82, 2.24) is 10.6 Å². The van der Waals surface area contributed by atoms with Gasteiger partial charge in [-0.15, -0.1) is 12.4 Å². The molecule has 1 amide bonds. The van der Waals surface area contributed by atoms with Gasteiger partial charge in [0.15, 0.2) is 0 Å². The summed E-state index contributed by atoms with van der Waals surface area (Å²) in [6.45, 7) is 3.42. The third-order valence-corrected chi connectivity index (χ3v) is 3.17. The Kier molecular flexibility index (Phi) is 6.09. The maximum Gasteiger partial charge on any atom is 0.225 e. The van der Waals surface area contributed by atoms with Gasteiger partial charge in [0.25, 0.3) is 0 Å². The van der Waals surface area contributed by atoms with Gasteiger partial charge in [-0.05, 0) is 32.2 Å². The van der Waals surface area contributed by atoms with Crippen LogP contribution in [0.1, 0.15) is 25.7 Å². The second kappa shape index (κ2) is 7.09. The van der Waals surface area contributed by atoms with Crippen molar-refractivity contribution < 1.29 is 9.53 Å². The first-order chi connectivity index (χ1) is 7.36. The van der Waals surface area contributed by atoms with Gasteiger partial charge in [-0.3, -0.25) is 4.79 Å². The molecule has 0 bridgehead atoms. The highest BCUT2D eigenvalue weighted by molar-refractivity contribution is 5.85. The van der Waals surface area contributed by atoms with Gasteiger partial charge in [0, 0.05) is 19.2 Å². The number of amides is 1. The fraction of sp³-hybridized carbons (Fsp3) is 0.909. The van der Waals surface area contributed by atoms with Gasteiger partial charge in [0.2, 0.25) is 5.91 Å². The van der Waals surface area contributed by atoms with Crippen molar-refractivity contribution in [2.45, 2.75) is 31.7 Å². The zero-order valence-corrected chi connectivity index (χ0v) is 10.4. The van der Waals surface area contributed by atoms with Crippen LogP contribution in [0, 0.1) is 5.92 Å². The summed E-state index contributed by atoms with van der Waals surface area (Å²) in [7, 11) is 0. The Hall–Kier alpha value is -0.320. The van der Waals surface area contributed by atoms with E-state index in [1.807, 2.05) is 0 Å². The average Bonchev–Trinajstić information content (AvgIpc) is 2.31. The maximum atomic E-state index is 11.8. The number of halogens is 1. The number of piperidine rings is 1. The molecule has 2 fully saturated rings. The molecule has 2 saturated heterocycles. The van der Waals surface area contributed by atoms with Crippen molar-refractivity contribution in [3.8, 4) is 0 Å². The molecule has 2 rings (SSSR count). The molecule has 0 radical (unpaired) electrons. The number of hydrogen-bond donors (Lipinski definition) is 2. The van der Waals surface area contributed by atoms with Crippen LogP contribution in [0.2, 0.25) is 0 Å². The maximum absolute atomic E-state index is 11.8. The molecule has 2 aliphatic rings. The van der Waals surface area contributed by atoms with Crippen LogP contribution in [0.15, 0.2) is 0 Å². The molecule has 1 unspecified atom stereocenters. The molecular formula is C11H21ClN2O2. The molecule has 0 spiro atoms. The lowest BCUT2D eigenvalue weighted by molar-refractivity contribution is -0.129.